The van der Waals surface area contributed by atoms with Crippen LogP contribution in [-0.2, 0) is 0 Å². The van der Waals surface area contributed by atoms with E-state index < -0.39 is 4.92 Å². The number of hydrogen-bond donors (Lipinski definition) is 1. The highest BCUT2D eigenvalue weighted by atomic mass is 35.5. The molecule has 0 amide bonds. The summed E-state index contributed by atoms with van der Waals surface area (Å²) in [5.74, 6) is -0.0290. The Kier molecular flexibility index (Phi) is 5.19. The van der Waals surface area contributed by atoms with Crippen molar-refractivity contribution in [2.24, 2.45) is 0 Å². The van der Waals surface area contributed by atoms with Gasteiger partial charge in [0, 0.05) is 33.8 Å². The van der Waals surface area contributed by atoms with Gasteiger partial charge < -0.3 is 5.73 Å². The van der Waals surface area contributed by atoms with E-state index in [0.29, 0.717) is 32.4 Å². The fourth-order valence-electron chi connectivity index (χ4n) is 2.53. The highest BCUT2D eigenvalue weighted by Gasteiger charge is 2.18. The van der Waals surface area contributed by atoms with Crippen LogP contribution in [0.15, 0.2) is 42.5 Å². The number of pyridine rings is 1. The zero-order chi connectivity index (χ0) is 19.7. The van der Waals surface area contributed by atoms with Gasteiger partial charge in [-0.1, -0.05) is 40.9 Å². The van der Waals surface area contributed by atoms with Gasteiger partial charge in [0.25, 0.3) is 5.69 Å². The SMILES string of the molecule is N#Cc1c(-c2cc([N+](=O)[O-])ccc2Cl)cc(-c2ccc(Cl)c(Cl)c2)nc1N. The van der Waals surface area contributed by atoms with Gasteiger partial charge in [-0.3, -0.25) is 10.1 Å². The molecule has 1 heterocycles. The molecule has 9 heteroatoms. The Labute approximate surface area is 168 Å². The van der Waals surface area contributed by atoms with Crippen molar-refractivity contribution in [2.75, 3.05) is 5.73 Å². The number of nitriles is 1. The molecule has 1 aromatic heterocycles. The Morgan fingerprint density at radius 3 is 2.33 bits per heavy atom. The zero-order valence-corrected chi connectivity index (χ0v) is 15.7. The Morgan fingerprint density at radius 2 is 1.70 bits per heavy atom. The summed E-state index contributed by atoms with van der Waals surface area (Å²) in [5, 5.41) is 21.5. The van der Waals surface area contributed by atoms with Gasteiger partial charge in [-0.25, -0.2) is 4.98 Å². The fourth-order valence-corrected chi connectivity index (χ4v) is 3.05. The second kappa shape index (κ2) is 7.41. The number of nitro benzene ring substituents is 1. The number of rotatable bonds is 3. The standard InChI is InChI=1S/C18H9Cl3N4O2/c19-14-4-2-10(25(26)27)6-12(14)11-7-17(24-18(23)13(11)8-22)9-1-3-15(20)16(21)5-9/h1-7H,(H2,23,24). The van der Waals surface area contributed by atoms with Crippen LogP contribution in [0.2, 0.25) is 15.1 Å². The lowest BCUT2D eigenvalue weighted by Gasteiger charge is -2.12. The second-order valence-corrected chi connectivity index (χ2v) is 6.70. The van der Waals surface area contributed by atoms with Gasteiger partial charge in [-0.05, 0) is 24.3 Å². The lowest BCUT2D eigenvalue weighted by molar-refractivity contribution is -0.384. The number of benzene rings is 2. The predicted molar refractivity (Wildman–Crippen MR) is 106 cm³/mol. The molecule has 6 nitrogen and oxygen atoms in total. The summed E-state index contributed by atoms with van der Waals surface area (Å²) < 4.78 is 0. The third kappa shape index (κ3) is 3.67. The smallest absolute Gasteiger partial charge is 0.270 e. The first kappa shape index (κ1) is 18.9. The first-order valence-corrected chi connectivity index (χ1v) is 8.55. The molecule has 3 rings (SSSR count). The van der Waals surface area contributed by atoms with E-state index in [4.69, 9.17) is 40.5 Å². The quantitative estimate of drug-likeness (QED) is 0.430. The number of nitro groups is 1. The molecule has 0 saturated heterocycles. The molecule has 0 fully saturated rings. The highest BCUT2D eigenvalue weighted by molar-refractivity contribution is 6.42. The number of nitrogens with zero attached hydrogens (tertiary/aromatic N) is 3. The largest absolute Gasteiger partial charge is 0.383 e. The maximum absolute atomic E-state index is 11.1. The number of halogens is 3. The topological polar surface area (TPSA) is 106 Å². The molecule has 0 bridgehead atoms. The van der Waals surface area contributed by atoms with Gasteiger partial charge in [0.15, 0.2) is 0 Å². The molecule has 0 radical (unpaired) electrons. The molecule has 2 aromatic carbocycles. The van der Waals surface area contributed by atoms with Crippen LogP contribution in [-0.4, -0.2) is 9.91 Å². The van der Waals surface area contributed by atoms with Crippen LogP contribution in [0.4, 0.5) is 11.5 Å². The van der Waals surface area contributed by atoms with E-state index in [9.17, 15) is 15.4 Å². The van der Waals surface area contributed by atoms with E-state index in [1.807, 2.05) is 6.07 Å². The third-order valence-corrected chi connectivity index (χ3v) is 4.89. The summed E-state index contributed by atoms with van der Waals surface area (Å²) in [6.07, 6.45) is 0. The second-order valence-electron chi connectivity index (χ2n) is 5.48. The minimum absolute atomic E-state index is 0.0290. The normalized spacial score (nSPS) is 10.4. The number of nitrogen functional groups attached to an aromatic ring is 1. The van der Waals surface area contributed by atoms with Crippen LogP contribution in [0.25, 0.3) is 22.4 Å². The van der Waals surface area contributed by atoms with Crippen molar-refractivity contribution in [2.45, 2.75) is 0 Å². The first-order chi connectivity index (χ1) is 12.8. The molecule has 0 aliphatic heterocycles. The molecule has 0 saturated carbocycles. The zero-order valence-electron chi connectivity index (χ0n) is 13.4. The van der Waals surface area contributed by atoms with Gasteiger partial charge >= 0.3 is 0 Å². The average molecular weight is 420 g/mol. The molecule has 0 spiro atoms. The van der Waals surface area contributed by atoms with Crippen LogP contribution in [0.3, 0.4) is 0 Å². The van der Waals surface area contributed by atoms with Crippen molar-refractivity contribution in [3.05, 3.63) is 73.2 Å². The van der Waals surface area contributed by atoms with Crippen molar-refractivity contribution < 1.29 is 4.92 Å². The number of nitrogens with two attached hydrogens (primary N) is 1. The van der Waals surface area contributed by atoms with Crippen LogP contribution in [0.1, 0.15) is 5.56 Å². The summed E-state index contributed by atoms with van der Waals surface area (Å²) in [6, 6.07) is 12.4. The molecule has 2 N–H and O–H groups in total. The Morgan fingerprint density at radius 1 is 1.00 bits per heavy atom. The molecular weight excluding hydrogens is 411 g/mol. The van der Waals surface area contributed by atoms with E-state index in [1.165, 1.54) is 18.2 Å². The number of non-ortho nitro benzene ring substituents is 1. The summed E-state index contributed by atoms with van der Waals surface area (Å²) in [7, 11) is 0. The molecule has 27 heavy (non-hydrogen) atoms. The van der Waals surface area contributed by atoms with E-state index in [1.54, 1.807) is 24.3 Å². The van der Waals surface area contributed by atoms with Gasteiger partial charge in [0.05, 0.1) is 20.7 Å². The summed E-state index contributed by atoms with van der Waals surface area (Å²) >= 11 is 18.2. The Bertz CT molecular complexity index is 1130. The van der Waals surface area contributed by atoms with Crippen LogP contribution in [0, 0.1) is 21.4 Å². The van der Waals surface area contributed by atoms with Crippen molar-refractivity contribution in [3.63, 3.8) is 0 Å². The van der Waals surface area contributed by atoms with Gasteiger partial charge in [-0.15, -0.1) is 0 Å². The van der Waals surface area contributed by atoms with E-state index >= 15 is 0 Å². The lowest BCUT2D eigenvalue weighted by Crippen LogP contribution is -2.00. The molecular formula is C18H9Cl3N4O2. The monoisotopic (exact) mass is 418 g/mol. The summed E-state index contributed by atoms with van der Waals surface area (Å²) in [6.45, 7) is 0. The maximum atomic E-state index is 11.1. The van der Waals surface area contributed by atoms with Crippen LogP contribution < -0.4 is 5.73 Å². The molecule has 3 aromatic rings. The van der Waals surface area contributed by atoms with Crippen molar-refractivity contribution >= 4 is 46.3 Å². The number of aromatic nitrogens is 1. The molecule has 0 aliphatic rings. The third-order valence-electron chi connectivity index (χ3n) is 3.83. The Hall–Kier alpha value is -2.85. The van der Waals surface area contributed by atoms with Crippen molar-refractivity contribution in [1.29, 1.82) is 5.26 Å². The van der Waals surface area contributed by atoms with Crippen molar-refractivity contribution in [3.8, 4) is 28.5 Å². The predicted octanol–water partition coefficient (Wildman–Crippen LogP) is 5.74. The van der Waals surface area contributed by atoms with Gasteiger partial charge in [0.1, 0.15) is 17.5 Å². The van der Waals surface area contributed by atoms with Crippen molar-refractivity contribution in [1.82, 2.24) is 4.98 Å². The number of hydrogen-bond acceptors (Lipinski definition) is 5. The van der Waals surface area contributed by atoms with Gasteiger partial charge in [-0.2, -0.15) is 5.26 Å². The van der Waals surface area contributed by atoms with Gasteiger partial charge in [0.2, 0.25) is 0 Å². The fraction of sp³-hybridized carbons (Fsp3) is 0. The molecule has 0 aliphatic carbocycles. The summed E-state index contributed by atoms with van der Waals surface area (Å²) in [5.41, 5.74) is 7.53. The minimum atomic E-state index is -0.545. The first-order valence-electron chi connectivity index (χ1n) is 7.42. The lowest BCUT2D eigenvalue weighted by atomic mass is 9.98. The van der Waals surface area contributed by atoms with Crippen LogP contribution in [0.5, 0.6) is 0 Å². The highest BCUT2D eigenvalue weighted by Crippen LogP contribution is 2.37. The molecule has 134 valence electrons. The average Bonchev–Trinajstić information content (AvgIpc) is 2.63. The van der Waals surface area contributed by atoms with E-state index in [0.717, 1.165) is 0 Å². The molecule has 0 unspecified atom stereocenters. The molecule has 0 atom stereocenters. The maximum Gasteiger partial charge on any atom is 0.270 e. The van der Waals surface area contributed by atoms with E-state index in [-0.39, 0.29) is 22.1 Å². The van der Waals surface area contributed by atoms with E-state index in [2.05, 4.69) is 4.98 Å². The number of anilines is 1. The summed E-state index contributed by atoms with van der Waals surface area (Å²) in [4.78, 5) is 14.8. The minimum Gasteiger partial charge on any atom is -0.383 e. The van der Waals surface area contributed by atoms with Crippen LogP contribution >= 0.6 is 34.8 Å². The Balaban J connectivity index is 2.28.